The van der Waals surface area contributed by atoms with Crippen molar-refractivity contribution in [2.75, 3.05) is 6.54 Å². The molecule has 1 heterocycles. The molecule has 1 aromatic heterocycles. The quantitative estimate of drug-likeness (QED) is 0.821. The number of rotatable bonds is 6. The number of hydrogen-bond donors (Lipinski definition) is 1. The molecular formula is C16H21NO. The summed E-state index contributed by atoms with van der Waals surface area (Å²) in [6.07, 6.45) is 3.99. The first-order valence-corrected chi connectivity index (χ1v) is 6.66. The molecule has 2 heteroatoms. The molecular weight excluding hydrogens is 222 g/mol. The third kappa shape index (κ3) is 2.65. The minimum Gasteiger partial charge on any atom is -0.464 e. The Morgan fingerprint density at radius 2 is 2.17 bits per heavy atom. The Hall–Kier alpha value is -1.54. The highest BCUT2D eigenvalue weighted by Gasteiger charge is 2.12. The third-order valence-corrected chi connectivity index (χ3v) is 3.28. The normalized spacial score (nSPS) is 12.8. The van der Waals surface area contributed by atoms with Crippen LogP contribution in [-0.4, -0.2) is 12.6 Å². The lowest BCUT2D eigenvalue weighted by molar-refractivity contribution is 0.579. The second-order valence-corrected chi connectivity index (χ2v) is 4.60. The monoisotopic (exact) mass is 243 g/mol. The Kier molecular flexibility index (Phi) is 4.21. The highest BCUT2D eigenvalue weighted by Crippen LogP contribution is 2.24. The molecule has 0 aliphatic rings. The zero-order valence-electron chi connectivity index (χ0n) is 11.2. The van der Waals surface area contributed by atoms with Crippen molar-refractivity contribution in [1.29, 1.82) is 0 Å². The second kappa shape index (κ2) is 5.87. The summed E-state index contributed by atoms with van der Waals surface area (Å²) in [5.74, 6) is 0. The highest BCUT2D eigenvalue weighted by atomic mass is 16.3. The maximum Gasteiger partial charge on any atom is 0.134 e. The van der Waals surface area contributed by atoms with Gasteiger partial charge in [-0.05, 0) is 36.2 Å². The fourth-order valence-corrected chi connectivity index (χ4v) is 2.29. The number of hydrogen-bond acceptors (Lipinski definition) is 2. The van der Waals surface area contributed by atoms with E-state index >= 15 is 0 Å². The van der Waals surface area contributed by atoms with Crippen molar-refractivity contribution in [1.82, 2.24) is 5.32 Å². The van der Waals surface area contributed by atoms with Crippen LogP contribution in [0.4, 0.5) is 0 Å². The van der Waals surface area contributed by atoms with Crippen molar-refractivity contribution >= 4 is 16.5 Å². The van der Waals surface area contributed by atoms with Gasteiger partial charge < -0.3 is 9.73 Å². The molecule has 0 aliphatic heterocycles. The molecule has 0 amide bonds. The second-order valence-electron chi connectivity index (χ2n) is 4.60. The summed E-state index contributed by atoms with van der Waals surface area (Å²) < 4.78 is 5.45. The Morgan fingerprint density at radius 3 is 2.89 bits per heavy atom. The zero-order chi connectivity index (χ0) is 13.0. The number of benzene rings is 1. The van der Waals surface area contributed by atoms with Crippen LogP contribution in [0.1, 0.15) is 32.3 Å². The van der Waals surface area contributed by atoms with Crippen molar-refractivity contribution in [2.24, 2.45) is 0 Å². The fourth-order valence-electron chi connectivity index (χ4n) is 2.29. The summed E-state index contributed by atoms with van der Waals surface area (Å²) in [5, 5.41) is 4.63. The lowest BCUT2D eigenvalue weighted by atomic mass is 9.96. The number of furan rings is 1. The maximum absolute atomic E-state index is 5.45. The Balaban J connectivity index is 2.24. The average Bonchev–Trinajstić information content (AvgIpc) is 2.84. The van der Waals surface area contributed by atoms with Crippen LogP contribution in [0, 0.1) is 0 Å². The van der Waals surface area contributed by atoms with Crippen molar-refractivity contribution in [3.05, 3.63) is 42.7 Å². The van der Waals surface area contributed by atoms with E-state index in [0.29, 0.717) is 6.04 Å². The van der Waals surface area contributed by atoms with E-state index < -0.39 is 0 Å². The topological polar surface area (TPSA) is 25.2 Å². The number of likely N-dealkylation sites (N-methyl/N-ethyl adjacent to an activating group) is 1. The molecule has 0 spiro atoms. The van der Waals surface area contributed by atoms with Gasteiger partial charge in [0.05, 0.1) is 6.26 Å². The molecule has 1 atom stereocenters. The van der Waals surface area contributed by atoms with E-state index in [-0.39, 0.29) is 0 Å². The van der Waals surface area contributed by atoms with E-state index in [4.69, 9.17) is 4.42 Å². The minimum atomic E-state index is 0.354. The molecule has 2 nitrogen and oxygen atoms in total. The molecule has 18 heavy (non-hydrogen) atoms. The first-order chi connectivity index (χ1) is 8.76. The molecule has 96 valence electrons. The predicted octanol–water partition coefficient (Wildman–Crippen LogP) is 4.22. The van der Waals surface area contributed by atoms with Gasteiger partial charge in [-0.25, -0.2) is 0 Å². The number of fused-ring (bicyclic) bond motifs is 1. The smallest absolute Gasteiger partial charge is 0.134 e. The molecule has 1 aromatic carbocycles. The van der Waals surface area contributed by atoms with E-state index in [1.807, 2.05) is 6.07 Å². The van der Waals surface area contributed by atoms with Crippen molar-refractivity contribution in [3.63, 3.8) is 0 Å². The number of nitrogens with one attached hydrogen (secondary N) is 1. The van der Waals surface area contributed by atoms with E-state index in [0.717, 1.165) is 41.5 Å². The highest BCUT2D eigenvalue weighted by molar-refractivity contribution is 5.82. The van der Waals surface area contributed by atoms with E-state index in [1.54, 1.807) is 6.26 Å². The van der Waals surface area contributed by atoms with Crippen LogP contribution in [-0.2, 0) is 0 Å². The Morgan fingerprint density at radius 1 is 1.33 bits per heavy atom. The van der Waals surface area contributed by atoms with Gasteiger partial charge in [-0.3, -0.25) is 0 Å². The van der Waals surface area contributed by atoms with Gasteiger partial charge in [-0.15, -0.1) is 0 Å². The van der Waals surface area contributed by atoms with Gasteiger partial charge >= 0.3 is 0 Å². The van der Waals surface area contributed by atoms with Crippen LogP contribution in [0.3, 0.4) is 0 Å². The van der Waals surface area contributed by atoms with Crippen LogP contribution in [0.5, 0.6) is 0 Å². The van der Waals surface area contributed by atoms with Gasteiger partial charge in [0.15, 0.2) is 0 Å². The fraction of sp³-hybridized carbons (Fsp3) is 0.375. The summed E-state index contributed by atoms with van der Waals surface area (Å²) in [6.45, 7) is 9.55. The maximum atomic E-state index is 5.45. The van der Waals surface area contributed by atoms with E-state index in [9.17, 15) is 0 Å². The molecule has 0 aliphatic carbocycles. The van der Waals surface area contributed by atoms with Gasteiger partial charge in [0.1, 0.15) is 5.58 Å². The first-order valence-electron chi connectivity index (χ1n) is 6.66. The Labute approximate surface area is 109 Å². The van der Waals surface area contributed by atoms with E-state index in [1.165, 1.54) is 0 Å². The summed E-state index contributed by atoms with van der Waals surface area (Å²) in [6, 6.07) is 8.63. The predicted molar refractivity (Wildman–Crippen MR) is 77.6 cm³/mol. The molecule has 0 bridgehead atoms. The van der Waals surface area contributed by atoms with Crippen LogP contribution >= 0.6 is 0 Å². The summed E-state index contributed by atoms with van der Waals surface area (Å²) >= 11 is 0. The van der Waals surface area contributed by atoms with Crippen LogP contribution in [0.2, 0.25) is 0 Å². The average molecular weight is 243 g/mol. The van der Waals surface area contributed by atoms with Gasteiger partial charge in [0.2, 0.25) is 0 Å². The molecule has 0 saturated carbocycles. The SMILES string of the molecule is C=C(c1ccc2ccoc2c1)C(CCC)NCC. The summed E-state index contributed by atoms with van der Waals surface area (Å²) in [5.41, 5.74) is 3.24. The van der Waals surface area contributed by atoms with Gasteiger partial charge in [-0.2, -0.15) is 0 Å². The summed E-state index contributed by atoms with van der Waals surface area (Å²) in [4.78, 5) is 0. The standard InChI is InChI=1S/C16H21NO/c1-4-6-15(17-5-2)12(3)14-8-7-13-9-10-18-16(13)11-14/h7-11,15,17H,3-6H2,1-2H3. The lowest BCUT2D eigenvalue weighted by Gasteiger charge is -2.20. The van der Waals surface area contributed by atoms with Gasteiger partial charge in [0, 0.05) is 11.4 Å². The molecule has 0 radical (unpaired) electrons. The first kappa shape index (κ1) is 12.9. The Bertz CT molecular complexity index is 521. The van der Waals surface area contributed by atoms with Crippen LogP contribution in [0.25, 0.3) is 16.5 Å². The molecule has 0 fully saturated rings. The lowest BCUT2D eigenvalue weighted by Crippen LogP contribution is -2.29. The van der Waals surface area contributed by atoms with Crippen molar-refractivity contribution < 1.29 is 4.42 Å². The molecule has 2 rings (SSSR count). The van der Waals surface area contributed by atoms with Crippen molar-refractivity contribution in [2.45, 2.75) is 32.7 Å². The third-order valence-electron chi connectivity index (χ3n) is 3.28. The molecule has 0 saturated heterocycles. The molecule has 2 aromatic rings. The largest absolute Gasteiger partial charge is 0.464 e. The molecule has 1 unspecified atom stereocenters. The van der Waals surface area contributed by atoms with Crippen LogP contribution in [0.15, 0.2) is 41.5 Å². The molecule has 1 N–H and O–H groups in total. The summed E-state index contributed by atoms with van der Waals surface area (Å²) in [7, 11) is 0. The van der Waals surface area contributed by atoms with E-state index in [2.05, 4.69) is 43.9 Å². The van der Waals surface area contributed by atoms with Crippen LogP contribution < -0.4 is 5.32 Å². The van der Waals surface area contributed by atoms with Gasteiger partial charge in [0.25, 0.3) is 0 Å². The zero-order valence-corrected chi connectivity index (χ0v) is 11.2. The minimum absolute atomic E-state index is 0.354. The van der Waals surface area contributed by atoms with Gasteiger partial charge in [-0.1, -0.05) is 39.0 Å². The van der Waals surface area contributed by atoms with Crippen molar-refractivity contribution in [3.8, 4) is 0 Å².